The second-order valence-corrected chi connectivity index (χ2v) is 6.45. The lowest BCUT2D eigenvalue weighted by Gasteiger charge is -2.17. The molecule has 0 saturated carbocycles. The monoisotopic (exact) mass is 315 g/mol. The lowest BCUT2D eigenvalue weighted by molar-refractivity contribution is -0.135. The van der Waals surface area contributed by atoms with Gasteiger partial charge in [-0.2, -0.15) is 0 Å². The van der Waals surface area contributed by atoms with Crippen molar-refractivity contribution in [3.8, 4) is 0 Å². The van der Waals surface area contributed by atoms with E-state index in [-0.39, 0.29) is 17.5 Å². The Labute approximate surface area is 125 Å². The molecule has 0 radical (unpaired) electrons. The minimum Gasteiger partial charge on any atom is -0.480 e. The van der Waals surface area contributed by atoms with E-state index in [1.165, 1.54) is 23.2 Å². The molecule has 0 spiro atoms. The zero-order valence-electron chi connectivity index (χ0n) is 12.4. The predicted molar refractivity (Wildman–Crippen MR) is 79.8 cm³/mol. The first kappa shape index (κ1) is 17.4. The molecule has 1 rings (SSSR count). The summed E-state index contributed by atoms with van der Waals surface area (Å²) in [5, 5.41) is 8.71. The summed E-state index contributed by atoms with van der Waals surface area (Å²) < 4.78 is 26.9. The van der Waals surface area contributed by atoms with Crippen molar-refractivity contribution in [2.75, 3.05) is 18.5 Å². The Morgan fingerprint density at radius 2 is 2.00 bits per heavy atom. The Hall–Kier alpha value is -1.67. The van der Waals surface area contributed by atoms with Crippen LogP contribution < -0.4 is 9.62 Å². The number of hydrogen-bond acceptors (Lipinski definition) is 5. The first-order valence-corrected chi connectivity index (χ1v) is 8.19. The molecule has 1 aromatic rings. The average molecular weight is 315 g/mol. The van der Waals surface area contributed by atoms with E-state index in [4.69, 9.17) is 5.11 Å². The summed E-state index contributed by atoms with van der Waals surface area (Å²) in [5.41, 5.74) is 0. The van der Waals surface area contributed by atoms with E-state index in [1.807, 2.05) is 13.8 Å². The first-order chi connectivity index (χ1) is 9.80. The summed E-state index contributed by atoms with van der Waals surface area (Å²) >= 11 is 0. The predicted octanol–water partition coefficient (Wildman–Crippen LogP) is 1.07. The molecule has 21 heavy (non-hydrogen) atoms. The molecule has 1 heterocycles. The molecular formula is C13H21N3O4S. The van der Waals surface area contributed by atoms with Gasteiger partial charge in [0.1, 0.15) is 17.3 Å². The van der Waals surface area contributed by atoms with Crippen LogP contribution in [0, 0.1) is 0 Å². The highest BCUT2D eigenvalue weighted by Crippen LogP contribution is 2.14. The smallest absolute Gasteiger partial charge is 0.323 e. The van der Waals surface area contributed by atoms with Crippen molar-refractivity contribution in [3.05, 3.63) is 18.3 Å². The van der Waals surface area contributed by atoms with Crippen LogP contribution >= 0.6 is 0 Å². The summed E-state index contributed by atoms with van der Waals surface area (Å²) in [7, 11) is -2.02. The van der Waals surface area contributed by atoms with Gasteiger partial charge in [-0.1, -0.05) is 13.8 Å². The van der Waals surface area contributed by atoms with E-state index < -0.39 is 16.0 Å². The van der Waals surface area contributed by atoms with Gasteiger partial charge >= 0.3 is 5.97 Å². The lowest BCUT2D eigenvalue weighted by atomic mass is 10.2. The third kappa shape index (κ3) is 4.98. The number of carbonyl (C=O) groups is 1. The first-order valence-electron chi connectivity index (χ1n) is 6.71. The number of rotatable bonds is 8. The fourth-order valence-corrected chi connectivity index (χ4v) is 3.13. The number of carboxylic acid groups (broad SMARTS) is 1. The molecule has 0 aliphatic heterocycles. The number of likely N-dealkylation sites (N-methyl/N-ethyl adjacent to an activating group) is 1. The summed E-state index contributed by atoms with van der Waals surface area (Å²) in [6.45, 7) is 3.63. The maximum absolute atomic E-state index is 12.2. The fourth-order valence-electron chi connectivity index (χ4n) is 1.78. The molecule has 1 aromatic heterocycles. The van der Waals surface area contributed by atoms with Gasteiger partial charge < -0.3 is 10.0 Å². The van der Waals surface area contributed by atoms with Gasteiger partial charge in [0.15, 0.2) is 0 Å². The van der Waals surface area contributed by atoms with Crippen LogP contribution in [0.5, 0.6) is 0 Å². The number of pyridine rings is 1. The van der Waals surface area contributed by atoms with Gasteiger partial charge in [0.05, 0.1) is 0 Å². The molecule has 0 bridgehead atoms. The quantitative estimate of drug-likeness (QED) is 0.744. The maximum Gasteiger partial charge on any atom is 0.323 e. The minimum atomic E-state index is -3.60. The minimum absolute atomic E-state index is 0.0712. The second kappa shape index (κ2) is 7.37. The van der Waals surface area contributed by atoms with Crippen LogP contribution in [0.1, 0.15) is 26.7 Å². The molecule has 2 N–H and O–H groups in total. The van der Waals surface area contributed by atoms with Gasteiger partial charge in [0.2, 0.25) is 10.0 Å². The van der Waals surface area contributed by atoms with Crippen molar-refractivity contribution in [2.24, 2.45) is 0 Å². The van der Waals surface area contributed by atoms with Crippen LogP contribution in [-0.4, -0.2) is 44.1 Å². The SMILES string of the molecule is CCC(CC)NS(=O)(=O)c1ccc(N(C)CC(=O)O)nc1. The van der Waals surface area contributed by atoms with Crippen molar-refractivity contribution < 1.29 is 18.3 Å². The molecule has 0 atom stereocenters. The number of aromatic nitrogens is 1. The number of anilines is 1. The Balaban J connectivity index is 2.88. The van der Waals surface area contributed by atoms with Crippen LogP contribution in [0.15, 0.2) is 23.2 Å². The van der Waals surface area contributed by atoms with Crippen molar-refractivity contribution in [2.45, 2.75) is 37.6 Å². The molecular weight excluding hydrogens is 294 g/mol. The molecule has 0 amide bonds. The standard InChI is InChI=1S/C13H21N3O4S/c1-4-10(5-2)15-21(19,20)11-6-7-12(14-8-11)16(3)9-13(17)18/h6-8,10,15H,4-5,9H2,1-3H3,(H,17,18). The number of sulfonamides is 1. The fraction of sp³-hybridized carbons (Fsp3) is 0.538. The molecule has 118 valence electrons. The molecule has 0 saturated heterocycles. The van der Waals surface area contributed by atoms with E-state index >= 15 is 0 Å². The Kier molecular flexibility index (Phi) is 6.10. The second-order valence-electron chi connectivity index (χ2n) is 4.74. The van der Waals surface area contributed by atoms with Gasteiger partial charge in [-0.25, -0.2) is 18.1 Å². The molecule has 0 unspecified atom stereocenters. The Bertz CT molecular complexity index is 568. The lowest BCUT2D eigenvalue weighted by Crippen LogP contribution is -2.34. The normalized spacial score (nSPS) is 11.6. The topological polar surface area (TPSA) is 99.6 Å². The number of nitrogens with zero attached hydrogens (tertiary/aromatic N) is 2. The van der Waals surface area contributed by atoms with Crippen LogP contribution in [0.3, 0.4) is 0 Å². The summed E-state index contributed by atoms with van der Waals surface area (Å²) in [6, 6.07) is 2.81. The van der Waals surface area contributed by atoms with Gasteiger partial charge in [-0.05, 0) is 25.0 Å². The summed E-state index contributed by atoms with van der Waals surface area (Å²) in [6.07, 6.45) is 2.66. The summed E-state index contributed by atoms with van der Waals surface area (Å²) in [4.78, 5) is 16.1. The highest BCUT2D eigenvalue weighted by atomic mass is 32.2. The molecule has 0 aliphatic rings. The van der Waals surface area contributed by atoms with Crippen LogP contribution in [0.4, 0.5) is 5.82 Å². The molecule has 0 fully saturated rings. The van der Waals surface area contributed by atoms with E-state index in [1.54, 1.807) is 7.05 Å². The number of carboxylic acids is 1. The van der Waals surface area contributed by atoms with Gasteiger partial charge in [0.25, 0.3) is 0 Å². The maximum atomic E-state index is 12.2. The van der Waals surface area contributed by atoms with E-state index in [0.29, 0.717) is 18.7 Å². The highest BCUT2D eigenvalue weighted by molar-refractivity contribution is 7.89. The largest absolute Gasteiger partial charge is 0.480 e. The van der Waals surface area contributed by atoms with E-state index in [9.17, 15) is 13.2 Å². The molecule has 0 aromatic carbocycles. The van der Waals surface area contributed by atoms with Crippen LogP contribution in [0.25, 0.3) is 0 Å². The van der Waals surface area contributed by atoms with Crippen LogP contribution in [0.2, 0.25) is 0 Å². The zero-order valence-corrected chi connectivity index (χ0v) is 13.2. The average Bonchev–Trinajstić information content (AvgIpc) is 2.44. The van der Waals surface area contributed by atoms with Crippen molar-refractivity contribution >= 4 is 21.8 Å². The molecule has 7 nitrogen and oxygen atoms in total. The van der Waals surface area contributed by atoms with Crippen molar-refractivity contribution in [1.29, 1.82) is 0 Å². The molecule has 0 aliphatic carbocycles. The van der Waals surface area contributed by atoms with Gasteiger partial charge in [-0.3, -0.25) is 4.79 Å². The van der Waals surface area contributed by atoms with Gasteiger partial charge in [-0.15, -0.1) is 0 Å². The third-order valence-corrected chi connectivity index (χ3v) is 4.61. The van der Waals surface area contributed by atoms with E-state index in [0.717, 1.165) is 0 Å². The third-order valence-electron chi connectivity index (χ3n) is 3.10. The van der Waals surface area contributed by atoms with Crippen molar-refractivity contribution in [3.63, 3.8) is 0 Å². The summed E-state index contributed by atoms with van der Waals surface area (Å²) in [5.74, 6) is -0.578. The van der Waals surface area contributed by atoms with Crippen LogP contribution in [-0.2, 0) is 14.8 Å². The highest BCUT2D eigenvalue weighted by Gasteiger charge is 2.18. The Morgan fingerprint density at radius 3 is 2.43 bits per heavy atom. The van der Waals surface area contributed by atoms with Gasteiger partial charge in [0, 0.05) is 19.3 Å². The van der Waals surface area contributed by atoms with Crippen molar-refractivity contribution in [1.82, 2.24) is 9.71 Å². The van der Waals surface area contributed by atoms with E-state index in [2.05, 4.69) is 9.71 Å². The molecule has 8 heteroatoms. The zero-order chi connectivity index (χ0) is 16.0. The number of hydrogen-bond donors (Lipinski definition) is 2. The Morgan fingerprint density at radius 1 is 1.38 bits per heavy atom. The number of aliphatic carboxylic acids is 1. The number of nitrogens with one attached hydrogen (secondary N) is 1.